The van der Waals surface area contributed by atoms with Gasteiger partial charge in [0.05, 0.1) is 0 Å². The molecule has 0 N–H and O–H groups in total. The highest BCUT2D eigenvalue weighted by atomic mass is 15.2. The lowest BCUT2D eigenvalue weighted by Gasteiger charge is -2.33. The first-order valence-electron chi connectivity index (χ1n) is 6.40. The topological polar surface area (TPSA) is 7.12 Å². The molecule has 0 atom stereocenters. The van der Waals surface area contributed by atoms with E-state index in [2.05, 4.69) is 55.6 Å². The van der Waals surface area contributed by atoms with Gasteiger partial charge in [-0.05, 0) is 46.1 Å². The third-order valence-corrected chi connectivity index (χ3v) is 3.42. The van der Waals surface area contributed by atoms with Crippen LogP contribution in [0.1, 0.15) is 45.7 Å². The monoisotopic (exact) mass is 219 g/mol. The Morgan fingerprint density at radius 2 is 2.00 bits per heavy atom. The molecule has 2 nitrogen and oxygen atoms in total. The van der Waals surface area contributed by atoms with Crippen LogP contribution in [0.2, 0.25) is 0 Å². The van der Waals surface area contributed by atoms with Crippen LogP contribution < -0.4 is 9.47 Å². The molecule has 2 rings (SSSR count). The third-order valence-electron chi connectivity index (χ3n) is 3.42. The van der Waals surface area contributed by atoms with Gasteiger partial charge in [-0.15, -0.1) is 0 Å². The van der Waals surface area contributed by atoms with Crippen LogP contribution in [0.3, 0.4) is 0 Å². The molecule has 1 aliphatic rings. The number of aryl methyl sites for hydroxylation is 1. The number of nitrogens with zero attached hydrogens (tertiary/aromatic N) is 2. The Bertz CT molecular complexity index is 369. The molecule has 0 saturated heterocycles. The minimum Gasteiger partial charge on any atom is -0.364 e. The second kappa shape index (κ2) is 4.44. The average molecular weight is 219 g/mol. The van der Waals surface area contributed by atoms with Crippen molar-refractivity contribution in [3.8, 4) is 0 Å². The van der Waals surface area contributed by atoms with E-state index in [1.54, 1.807) is 0 Å². The van der Waals surface area contributed by atoms with Crippen LogP contribution in [0.25, 0.3) is 0 Å². The Hall–Kier alpha value is -1.05. The zero-order valence-corrected chi connectivity index (χ0v) is 10.9. The van der Waals surface area contributed by atoms with Gasteiger partial charge in [0.15, 0.2) is 18.4 Å². The summed E-state index contributed by atoms with van der Waals surface area (Å²) in [6.45, 7) is 10.2. The second-order valence-corrected chi connectivity index (χ2v) is 5.29. The average Bonchev–Trinajstić information content (AvgIpc) is 2.27. The van der Waals surface area contributed by atoms with E-state index in [-0.39, 0.29) is 0 Å². The predicted octanol–water partition coefficient (Wildman–Crippen LogP) is 2.72. The Kier molecular flexibility index (Phi) is 3.17. The zero-order chi connectivity index (χ0) is 11.7. The van der Waals surface area contributed by atoms with E-state index >= 15 is 0 Å². The lowest BCUT2D eigenvalue weighted by atomic mass is 10.0. The number of aromatic nitrogens is 1. The van der Waals surface area contributed by atoms with Gasteiger partial charge in [0.1, 0.15) is 5.69 Å². The van der Waals surface area contributed by atoms with E-state index in [1.165, 1.54) is 30.6 Å². The van der Waals surface area contributed by atoms with Gasteiger partial charge in [0.2, 0.25) is 0 Å². The summed E-state index contributed by atoms with van der Waals surface area (Å²) in [5, 5.41) is 0. The minimum atomic E-state index is 0.543. The van der Waals surface area contributed by atoms with Crippen molar-refractivity contribution < 1.29 is 4.57 Å². The fraction of sp³-hybridized carbons (Fsp3) is 0.643. The van der Waals surface area contributed by atoms with Gasteiger partial charge in [-0.3, -0.25) is 0 Å². The number of anilines is 1. The van der Waals surface area contributed by atoms with E-state index in [0.29, 0.717) is 12.1 Å². The van der Waals surface area contributed by atoms with Crippen LogP contribution in [0, 0.1) is 0 Å². The molecular formula is C14H23N2+. The fourth-order valence-electron chi connectivity index (χ4n) is 2.42. The Morgan fingerprint density at radius 1 is 1.25 bits per heavy atom. The highest BCUT2D eigenvalue weighted by Gasteiger charge is 2.22. The van der Waals surface area contributed by atoms with Crippen LogP contribution in [0.15, 0.2) is 18.5 Å². The maximum absolute atomic E-state index is 2.53. The van der Waals surface area contributed by atoms with E-state index in [1.807, 2.05) is 0 Å². The molecule has 2 heteroatoms. The van der Waals surface area contributed by atoms with Crippen molar-refractivity contribution in [3.05, 3.63) is 24.0 Å². The van der Waals surface area contributed by atoms with Crippen molar-refractivity contribution in [3.63, 3.8) is 0 Å². The summed E-state index contributed by atoms with van der Waals surface area (Å²) in [5.74, 6) is 0. The predicted molar refractivity (Wildman–Crippen MR) is 67.8 cm³/mol. The van der Waals surface area contributed by atoms with Gasteiger partial charge in [-0.1, -0.05) is 0 Å². The summed E-state index contributed by atoms with van der Waals surface area (Å²) in [5.41, 5.74) is 2.95. The summed E-state index contributed by atoms with van der Waals surface area (Å²) in [6.07, 6.45) is 7.06. The molecule has 0 fully saturated rings. The summed E-state index contributed by atoms with van der Waals surface area (Å²) in [7, 11) is 0. The first-order valence-corrected chi connectivity index (χ1v) is 6.40. The van der Waals surface area contributed by atoms with Crippen LogP contribution >= 0.6 is 0 Å². The Balaban J connectivity index is 2.40. The largest absolute Gasteiger partial charge is 0.364 e. The number of hydrogen-bond acceptors (Lipinski definition) is 1. The van der Waals surface area contributed by atoms with Gasteiger partial charge < -0.3 is 4.90 Å². The number of rotatable bonds is 2. The molecule has 2 heterocycles. The summed E-state index contributed by atoms with van der Waals surface area (Å²) in [6, 6.07) is 3.44. The van der Waals surface area contributed by atoms with Crippen molar-refractivity contribution in [2.45, 2.75) is 52.6 Å². The highest BCUT2D eigenvalue weighted by molar-refractivity contribution is 5.53. The van der Waals surface area contributed by atoms with E-state index < -0.39 is 0 Å². The molecule has 88 valence electrons. The molecule has 16 heavy (non-hydrogen) atoms. The molecule has 0 amide bonds. The molecule has 0 aromatic carbocycles. The smallest absolute Gasteiger partial charge is 0.192 e. The van der Waals surface area contributed by atoms with E-state index in [0.717, 1.165) is 0 Å². The lowest BCUT2D eigenvalue weighted by Crippen LogP contribution is -2.41. The normalized spacial score (nSPS) is 15.8. The van der Waals surface area contributed by atoms with Crippen LogP contribution in [0.5, 0.6) is 0 Å². The van der Waals surface area contributed by atoms with Crippen molar-refractivity contribution in [1.82, 2.24) is 0 Å². The van der Waals surface area contributed by atoms with Gasteiger partial charge in [-0.25, -0.2) is 4.57 Å². The Morgan fingerprint density at radius 3 is 2.62 bits per heavy atom. The number of hydrogen-bond donors (Lipinski definition) is 0. The van der Waals surface area contributed by atoms with Gasteiger partial charge in [0, 0.05) is 18.7 Å². The minimum absolute atomic E-state index is 0.543. The maximum atomic E-state index is 2.53. The molecule has 1 aliphatic heterocycles. The summed E-state index contributed by atoms with van der Waals surface area (Å²) >= 11 is 0. The molecule has 0 saturated carbocycles. The highest BCUT2D eigenvalue weighted by Crippen LogP contribution is 2.27. The Labute approximate surface area is 98.9 Å². The fourth-order valence-corrected chi connectivity index (χ4v) is 2.42. The quantitative estimate of drug-likeness (QED) is 0.694. The number of fused-ring (bicyclic) bond motifs is 1. The standard InChI is InChI=1S/C14H23N2/c1-11(2)15-9-7-13-6-5-8-16(12(3)4)14(13)10-15/h7,9-12H,5-6,8H2,1-4H3/q+1. The third kappa shape index (κ3) is 2.06. The lowest BCUT2D eigenvalue weighted by molar-refractivity contribution is -0.715. The van der Waals surface area contributed by atoms with Crippen molar-refractivity contribution in [2.75, 3.05) is 11.4 Å². The maximum Gasteiger partial charge on any atom is 0.192 e. The van der Waals surface area contributed by atoms with Gasteiger partial charge in [0.25, 0.3) is 0 Å². The molecule has 0 unspecified atom stereocenters. The van der Waals surface area contributed by atoms with Crippen LogP contribution in [-0.2, 0) is 6.42 Å². The molecular weight excluding hydrogens is 196 g/mol. The van der Waals surface area contributed by atoms with Crippen molar-refractivity contribution >= 4 is 5.69 Å². The van der Waals surface area contributed by atoms with E-state index in [9.17, 15) is 0 Å². The van der Waals surface area contributed by atoms with Crippen LogP contribution in [-0.4, -0.2) is 12.6 Å². The molecule has 1 aromatic heterocycles. The molecule has 1 aromatic rings. The summed E-state index contributed by atoms with van der Waals surface area (Å²) in [4.78, 5) is 2.53. The molecule has 0 spiro atoms. The molecule has 0 radical (unpaired) electrons. The first kappa shape index (κ1) is 11.4. The molecule has 0 aliphatic carbocycles. The van der Waals surface area contributed by atoms with Crippen molar-refractivity contribution in [1.29, 1.82) is 0 Å². The molecule has 0 bridgehead atoms. The van der Waals surface area contributed by atoms with E-state index in [4.69, 9.17) is 0 Å². The first-order chi connectivity index (χ1) is 7.59. The number of pyridine rings is 1. The van der Waals surface area contributed by atoms with Gasteiger partial charge in [-0.2, -0.15) is 0 Å². The van der Waals surface area contributed by atoms with Crippen LogP contribution in [0.4, 0.5) is 5.69 Å². The van der Waals surface area contributed by atoms with Crippen molar-refractivity contribution in [2.24, 2.45) is 0 Å². The summed E-state index contributed by atoms with van der Waals surface area (Å²) < 4.78 is 2.31. The zero-order valence-electron chi connectivity index (χ0n) is 10.9. The SMILES string of the molecule is CC(C)N1CCCc2cc[n+](C(C)C)cc21. The van der Waals surface area contributed by atoms with Gasteiger partial charge >= 0.3 is 0 Å². The second-order valence-electron chi connectivity index (χ2n) is 5.29.